The molecule has 374 valence electrons. The highest BCUT2D eigenvalue weighted by Crippen LogP contribution is 2.24. The van der Waals surface area contributed by atoms with Crippen molar-refractivity contribution < 1.29 is 24.2 Å². The molecule has 0 aromatic rings. The normalized spacial score (nSPS) is 15.3. The molecule has 2 atom stereocenters. The second-order valence-electron chi connectivity index (χ2n) is 20.3. The van der Waals surface area contributed by atoms with E-state index in [4.69, 9.17) is 9.47 Å². The maximum absolute atomic E-state index is 12.8. The Morgan fingerprint density at radius 2 is 0.889 bits per heavy atom. The van der Waals surface area contributed by atoms with Gasteiger partial charge in [-0.05, 0) is 103 Å². The minimum atomic E-state index is -0.573. The number of carbonyl (C=O) groups excluding carboxylic acids is 2. The third-order valence-electron chi connectivity index (χ3n) is 14.2. The lowest BCUT2D eigenvalue weighted by molar-refractivity contribution is -0.146. The average molecular weight is 892 g/mol. The molecule has 1 aliphatic rings. The van der Waals surface area contributed by atoms with Gasteiger partial charge in [0.1, 0.15) is 0 Å². The van der Waals surface area contributed by atoms with Crippen LogP contribution in [0, 0.1) is 11.8 Å². The van der Waals surface area contributed by atoms with Crippen molar-refractivity contribution in [3.8, 4) is 0 Å². The van der Waals surface area contributed by atoms with Crippen molar-refractivity contribution >= 4 is 11.9 Å². The van der Waals surface area contributed by atoms with Crippen LogP contribution in [0.15, 0.2) is 0 Å². The first-order valence-corrected chi connectivity index (χ1v) is 27.8. The molecule has 63 heavy (non-hydrogen) atoms. The van der Waals surface area contributed by atoms with Gasteiger partial charge in [-0.25, -0.2) is 0 Å². The lowest BCUT2D eigenvalue weighted by Crippen LogP contribution is -2.51. The molecule has 0 bridgehead atoms. The van der Waals surface area contributed by atoms with Crippen LogP contribution >= 0.6 is 0 Å². The van der Waals surface area contributed by atoms with Gasteiger partial charge in [0.2, 0.25) is 0 Å². The fourth-order valence-electron chi connectivity index (χ4n) is 9.48. The van der Waals surface area contributed by atoms with E-state index < -0.39 is 5.60 Å². The van der Waals surface area contributed by atoms with Crippen LogP contribution < -0.4 is 0 Å². The highest BCUT2D eigenvalue weighted by molar-refractivity contribution is 5.69. The summed E-state index contributed by atoms with van der Waals surface area (Å²) in [5, 5.41) is 11.2. The second-order valence-corrected chi connectivity index (χ2v) is 20.3. The summed E-state index contributed by atoms with van der Waals surface area (Å²) in [4.78, 5) is 33.1. The van der Waals surface area contributed by atoms with Crippen molar-refractivity contribution in [3.63, 3.8) is 0 Å². The van der Waals surface area contributed by atoms with Crippen molar-refractivity contribution in [2.24, 2.45) is 11.8 Å². The summed E-state index contributed by atoms with van der Waals surface area (Å²) in [7, 11) is 2.10. The van der Waals surface area contributed by atoms with Gasteiger partial charge in [0.25, 0.3) is 0 Å². The van der Waals surface area contributed by atoms with Crippen molar-refractivity contribution in [2.75, 3.05) is 72.6 Å². The van der Waals surface area contributed by atoms with E-state index in [-0.39, 0.29) is 11.9 Å². The second kappa shape index (κ2) is 42.2. The van der Waals surface area contributed by atoms with E-state index in [1.165, 1.54) is 154 Å². The van der Waals surface area contributed by atoms with Crippen LogP contribution in [0.2, 0.25) is 0 Å². The molecule has 0 amide bonds. The van der Waals surface area contributed by atoms with E-state index in [0.29, 0.717) is 37.9 Å². The van der Waals surface area contributed by atoms with Crippen LogP contribution in [0.1, 0.15) is 253 Å². The van der Waals surface area contributed by atoms with Crippen LogP contribution in [0.3, 0.4) is 0 Å². The zero-order chi connectivity index (χ0) is 46.1. The van der Waals surface area contributed by atoms with Gasteiger partial charge in [0.15, 0.2) is 0 Å². The first-order chi connectivity index (χ1) is 30.7. The van der Waals surface area contributed by atoms with E-state index in [2.05, 4.69) is 56.4 Å². The van der Waals surface area contributed by atoms with Gasteiger partial charge in [0.05, 0.1) is 18.8 Å². The summed E-state index contributed by atoms with van der Waals surface area (Å²) < 4.78 is 11.8. The maximum Gasteiger partial charge on any atom is 0.305 e. The topological polar surface area (TPSA) is 82.5 Å². The molecule has 1 N–H and O–H groups in total. The molecule has 2 unspecified atom stereocenters. The molecule has 0 aromatic heterocycles. The maximum atomic E-state index is 12.8. The first-order valence-electron chi connectivity index (χ1n) is 27.8. The molecule has 8 heteroatoms. The Kier molecular flexibility index (Phi) is 40.0. The van der Waals surface area contributed by atoms with Crippen molar-refractivity contribution in [3.05, 3.63) is 0 Å². The summed E-state index contributed by atoms with van der Waals surface area (Å²) in [6.45, 7) is 20.2. The fraction of sp³-hybridized carbons (Fsp3) is 0.964. The molecule has 1 saturated heterocycles. The minimum Gasteiger partial charge on any atom is -0.465 e. The van der Waals surface area contributed by atoms with Gasteiger partial charge in [-0.15, -0.1) is 0 Å². The zero-order valence-corrected chi connectivity index (χ0v) is 43.2. The average Bonchev–Trinajstić information content (AvgIpc) is 3.28. The number of unbranched alkanes of at least 4 members (excludes halogenated alkanes) is 20. The Morgan fingerprint density at radius 1 is 0.524 bits per heavy atom. The van der Waals surface area contributed by atoms with Crippen LogP contribution in [0.5, 0.6) is 0 Å². The number of rotatable bonds is 46. The molecule has 0 radical (unpaired) electrons. The number of hydrogen-bond donors (Lipinski definition) is 1. The summed E-state index contributed by atoms with van der Waals surface area (Å²) in [5.41, 5.74) is -0.573. The highest BCUT2D eigenvalue weighted by Gasteiger charge is 2.33. The lowest BCUT2D eigenvalue weighted by Gasteiger charge is -2.40. The number of esters is 2. The van der Waals surface area contributed by atoms with Crippen molar-refractivity contribution in [1.82, 2.24) is 14.7 Å². The quantitative estimate of drug-likeness (QED) is 0.0478. The summed E-state index contributed by atoms with van der Waals surface area (Å²) in [6, 6.07) is 0. The number of ether oxygens (including phenoxy) is 2. The van der Waals surface area contributed by atoms with Crippen LogP contribution in [-0.4, -0.2) is 110 Å². The Balaban J connectivity index is 2.56. The number of piperidine rings is 1. The Hall–Kier alpha value is -1.22. The van der Waals surface area contributed by atoms with E-state index in [1.54, 1.807) is 0 Å². The van der Waals surface area contributed by atoms with E-state index >= 15 is 0 Å². The third kappa shape index (κ3) is 35.6. The largest absolute Gasteiger partial charge is 0.465 e. The van der Waals surface area contributed by atoms with Gasteiger partial charge in [-0.2, -0.15) is 0 Å². The Labute approximate surface area is 392 Å². The highest BCUT2D eigenvalue weighted by atomic mass is 16.5. The van der Waals surface area contributed by atoms with Crippen LogP contribution in [-0.2, 0) is 19.1 Å². The number of likely N-dealkylation sites (tertiary alicyclic amines) is 1. The third-order valence-corrected chi connectivity index (χ3v) is 14.2. The Morgan fingerprint density at radius 3 is 1.29 bits per heavy atom. The van der Waals surface area contributed by atoms with Gasteiger partial charge in [-0.1, -0.05) is 176 Å². The summed E-state index contributed by atoms with van der Waals surface area (Å²) >= 11 is 0. The van der Waals surface area contributed by atoms with Crippen LogP contribution in [0.4, 0.5) is 0 Å². The van der Waals surface area contributed by atoms with E-state index in [0.717, 1.165) is 104 Å². The zero-order valence-electron chi connectivity index (χ0n) is 43.2. The van der Waals surface area contributed by atoms with E-state index in [1.807, 2.05) is 0 Å². The molecule has 8 nitrogen and oxygen atoms in total. The number of hydrogen-bond acceptors (Lipinski definition) is 8. The molecule has 1 heterocycles. The predicted molar refractivity (Wildman–Crippen MR) is 270 cm³/mol. The number of aliphatic hydroxyl groups is 1. The Bertz CT molecular complexity index is 962. The summed E-state index contributed by atoms with van der Waals surface area (Å²) in [5.74, 6) is 1.00. The number of likely N-dealkylation sites (N-methyl/N-ethyl adjacent to an activating group) is 1. The standard InChI is InChI=1S/C55H109N3O5/c1-7-12-16-20-22-28-36-51(34-26-18-14-9-3)48-62-53(59)38-30-24-32-42-57(46-47-58-44-40-55(61,41-45-58)50-56(6)11-5)43-33-25-31-39-54(60)63-49-52(35-27-19-15-10-4)37-29-23-21-17-13-8-2/h51-52,61H,7-50H2,1-6H3. The molecule has 0 aliphatic carbocycles. The number of nitrogens with zero attached hydrogens (tertiary/aromatic N) is 3. The first kappa shape index (κ1) is 59.8. The SMILES string of the molecule is CCCCCCCCC(CCCCCC)COC(=O)CCCCCN(CCCCCC(=O)OCC(CCCCCC)CCCCCCCC)CCN1CCC(O)(CN(C)CC)CC1. The molecule has 1 rings (SSSR count). The van der Waals surface area contributed by atoms with Gasteiger partial charge >= 0.3 is 11.9 Å². The molecule has 1 fully saturated rings. The lowest BCUT2D eigenvalue weighted by atomic mass is 9.91. The van der Waals surface area contributed by atoms with Crippen LogP contribution in [0.25, 0.3) is 0 Å². The molecular weight excluding hydrogens is 783 g/mol. The molecular formula is C55H109N3O5. The molecule has 0 aromatic carbocycles. The molecule has 0 saturated carbocycles. The van der Waals surface area contributed by atoms with E-state index in [9.17, 15) is 14.7 Å². The van der Waals surface area contributed by atoms with Gasteiger partial charge < -0.3 is 29.3 Å². The molecule has 0 spiro atoms. The predicted octanol–water partition coefficient (Wildman–Crippen LogP) is 13.9. The molecule has 1 aliphatic heterocycles. The van der Waals surface area contributed by atoms with Crippen molar-refractivity contribution in [1.29, 1.82) is 0 Å². The van der Waals surface area contributed by atoms with Crippen molar-refractivity contribution in [2.45, 2.75) is 259 Å². The van der Waals surface area contributed by atoms with Gasteiger partial charge in [0, 0.05) is 45.6 Å². The fourth-order valence-corrected chi connectivity index (χ4v) is 9.48. The van der Waals surface area contributed by atoms with Gasteiger partial charge in [-0.3, -0.25) is 9.59 Å². The minimum absolute atomic E-state index is 0.0117. The number of carbonyl (C=O) groups is 2. The summed E-state index contributed by atoms with van der Waals surface area (Å²) in [6.07, 6.45) is 39.5. The smallest absolute Gasteiger partial charge is 0.305 e. The monoisotopic (exact) mass is 892 g/mol.